The molecule has 0 unspecified atom stereocenters. The number of rotatable bonds is 6. The highest BCUT2D eigenvalue weighted by Gasteiger charge is 2.26. The summed E-state index contributed by atoms with van der Waals surface area (Å²) in [6, 6.07) is 12.9. The Kier molecular flexibility index (Phi) is 7.65. The number of hydrogen-bond acceptors (Lipinski definition) is 6. The van der Waals surface area contributed by atoms with E-state index < -0.39 is 11.9 Å². The summed E-state index contributed by atoms with van der Waals surface area (Å²) in [5.74, 6) is -1.15. The van der Waals surface area contributed by atoms with Crippen LogP contribution in [0, 0.1) is 6.92 Å². The zero-order valence-corrected chi connectivity index (χ0v) is 18.6. The Morgan fingerprint density at radius 2 is 1.75 bits per heavy atom. The number of methoxy groups -OCH3 is 1. The molecule has 0 fully saturated rings. The molecular weight excluding hydrogens is 410 g/mol. The average molecular weight is 437 g/mol. The highest BCUT2D eigenvalue weighted by atomic mass is 16.6. The Bertz CT molecular complexity index is 1030. The van der Waals surface area contributed by atoms with E-state index in [1.165, 1.54) is 7.11 Å². The van der Waals surface area contributed by atoms with Crippen LogP contribution < -0.4 is 0 Å². The first-order chi connectivity index (χ1) is 15.5. The second-order valence-electron chi connectivity index (χ2n) is 7.34. The number of carbonyl (C=O) groups is 3. The van der Waals surface area contributed by atoms with Gasteiger partial charge in [0.05, 0.1) is 24.8 Å². The van der Waals surface area contributed by atoms with Gasteiger partial charge in [0.25, 0.3) is 0 Å². The van der Waals surface area contributed by atoms with E-state index in [1.54, 1.807) is 24.8 Å². The van der Waals surface area contributed by atoms with Crippen LogP contribution in [0.5, 0.6) is 0 Å². The SMILES string of the molecule is CCOC(=O)c1ccc(C2=CCN(C(=O)OCc3ccccc3)CC2)c(C)c1C(=O)OC. The van der Waals surface area contributed by atoms with Crippen LogP contribution in [0.25, 0.3) is 5.57 Å². The Morgan fingerprint density at radius 1 is 1.00 bits per heavy atom. The van der Waals surface area contributed by atoms with Crippen molar-refractivity contribution in [3.63, 3.8) is 0 Å². The van der Waals surface area contributed by atoms with Crippen molar-refractivity contribution in [2.45, 2.75) is 26.9 Å². The molecular formula is C25H27NO6. The third-order valence-corrected chi connectivity index (χ3v) is 5.37. The number of carbonyl (C=O) groups excluding carboxylic acids is 3. The van der Waals surface area contributed by atoms with E-state index >= 15 is 0 Å². The lowest BCUT2D eigenvalue weighted by Gasteiger charge is -2.27. The number of nitrogens with zero attached hydrogens (tertiary/aromatic N) is 1. The quantitative estimate of drug-likeness (QED) is 0.493. The lowest BCUT2D eigenvalue weighted by atomic mass is 9.90. The monoisotopic (exact) mass is 437 g/mol. The lowest BCUT2D eigenvalue weighted by molar-refractivity contribution is 0.0503. The topological polar surface area (TPSA) is 82.1 Å². The molecule has 0 aromatic heterocycles. The molecule has 0 saturated heterocycles. The fraction of sp³-hybridized carbons (Fsp3) is 0.320. The Morgan fingerprint density at radius 3 is 2.38 bits per heavy atom. The molecule has 32 heavy (non-hydrogen) atoms. The van der Waals surface area contributed by atoms with Crippen LogP contribution in [-0.4, -0.2) is 49.7 Å². The molecule has 3 rings (SSSR count). The summed E-state index contributed by atoms with van der Waals surface area (Å²) < 4.78 is 15.4. The van der Waals surface area contributed by atoms with Gasteiger partial charge in [0.2, 0.25) is 0 Å². The summed E-state index contributed by atoms with van der Waals surface area (Å²) in [5, 5.41) is 0. The third kappa shape index (κ3) is 5.17. The average Bonchev–Trinajstić information content (AvgIpc) is 2.82. The van der Waals surface area contributed by atoms with Crippen molar-refractivity contribution in [3.8, 4) is 0 Å². The zero-order valence-electron chi connectivity index (χ0n) is 18.6. The Hall–Kier alpha value is -3.61. The second-order valence-corrected chi connectivity index (χ2v) is 7.34. The summed E-state index contributed by atoms with van der Waals surface area (Å²) in [6.45, 7) is 4.82. The van der Waals surface area contributed by atoms with Crippen molar-refractivity contribution in [1.29, 1.82) is 0 Å². The van der Waals surface area contributed by atoms with Gasteiger partial charge in [-0.2, -0.15) is 0 Å². The number of benzene rings is 2. The van der Waals surface area contributed by atoms with Crippen LogP contribution in [0.1, 0.15) is 50.8 Å². The molecule has 7 nitrogen and oxygen atoms in total. The number of ether oxygens (including phenoxy) is 3. The van der Waals surface area contributed by atoms with Crippen molar-refractivity contribution in [1.82, 2.24) is 4.90 Å². The molecule has 0 spiro atoms. The summed E-state index contributed by atoms with van der Waals surface area (Å²) in [6.07, 6.45) is 2.18. The predicted molar refractivity (Wildman–Crippen MR) is 119 cm³/mol. The van der Waals surface area contributed by atoms with Gasteiger partial charge in [-0.3, -0.25) is 0 Å². The fourth-order valence-corrected chi connectivity index (χ4v) is 3.69. The van der Waals surface area contributed by atoms with E-state index in [0.717, 1.165) is 16.7 Å². The third-order valence-electron chi connectivity index (χ3n) is 5.37. The van der Waals surface area contributed by atoms with E-state index in [9.17, 15) is 14.4 Å². The van der Waals surface area contributed by atoms with Crippen LogP contribution in [0.4, 0.5) is 4.79 Å². The minimum absolute atomic E-state index is 0.183. The van der Waals surface area contributed by atoms with Crippen molar-refractivity contribution in [2.24, 2.45) is 0 Å². The van der Waals surface area contributed by atoms with E-state index in [2.05, 4.69) is 0 Å². The molecule has 0 atom stereocenters. The first-order valence-corrected chi connectivity index (χ1v) is 10.5. The molecule has 1 amide bonds. The van der Waals surface area contributed by atoms with Gasteiger partial charge in [0.1, 0.15) is 6.61 Å². The van der Waals surface area contributed by atoms with Crippen LogP contribution >= 0.6 is 0 Å². The summed E-state index contributed by atoms with van der Waals surface area (Å²) in [7, 11) is 1.28. The van der Waals surface area contributed by atoms with Gasteiger partial charge < -0.3 is 19.1 Å². The molecule has 1 heterocycles. The maximum atomic E-state index is 12.4. The van der Waals surface area contributed by atoms with E-state index in [4.69, 9.17) is 14.2 Å². The molecule has 7 heteroatoms. The largest absolute Gasteiger partial charge is 0.465 e. The maximum absolute atomic E-state index is 12.4. The normalized spacial score (nSPS) is 13.2. The van der Waals surface area contributed by atoms with E-state index in [-0.39, 0.29) is 30.4 Å². The first-order valence-electron chi connectivity index (χ1n) is 10.5. The van der Waals surface area contributed by atoms with E-state index in [1.807, 2.05) is 42.5 Å². The van der Waals surface area contributed by atoms with Crippen LogP contribution in [-0.2, 0) is 20.8 Å². The highest BCUT2D eigenvalue weighted by Crippen LogP contribution is 2.30. The van der Waals surface area contributed by atoms with Gasteiger partial charge in [-0.25, -0.2) is 14.4 Å². The van der Waals surface area contributed by atoms with Crippen molar-refractivity contribution < 1.29 is 28.6 Å². The Labute approximate surface area is 187 Å². The number of amides is 1. The van der Waals surface area contributed by atoms with Crippen LogP contribution in [0.15, 0.2) is 48.5 Å². The summed E-state index contributed by atoms with van der Waals surface area (Å²) in [5.41, 5.74) is 3.80. The second kappa shape index (κ2) is 10.6. The predicted octanol–water partition coefficient (Wildman–Crippen LogP) is 4.38. The molecule has 1 aliphatic rings. The molecule has 168 valence electrons. The molecule has 0 bridgehead atoms. The summed E-state index contributed by atoms with van der Waals surface area (Å²) in [4.78, 5) is 38.8. The summed E-state index contributed by atoms with van der Waals surface area (Å²) >= 11 is 0. The van der Waals surface area contributed by atoms with Gasteiger partial charge in [-0.15, -0.1) is 0 Å². The van der Waals surface area contributed by atoms with Crippen LogP contribution in [0.2, 0.25) is 0 Å². The lowest BCUT2D eigenvalue weighted by Crippen LogP contribution is -2.35. The minimum Gasteiger partial charge on any atom is -0.465 e. The molecule has 0 radical (unpaired) electrons. The standard InChI is InChI=1S/C25H27NO6/c1-4-31-23(27)21-11-10-20(17(2)22(21)24(28)30-3)19-12-14-26(15-13-19)25(29)32-16-18-8-6-5-7-9-18/h5-12H,4,13-16H2,1-3H3. The minimum atomic E-state index is -0.588. The smallest absolute Gasteiger partial charge is 0.410 e. The molecule has 0 N–H and O–H groups in total. The van der Waals surface area contributed by atoms with E-state index in [0.29, 0.717) is 25.1 Å². The maximum Gasteiger partial charge on any atom is 0.410 e. The highest BCUT2D eigenvalue weighted by molar-refractivity contribution is 6.05. The first kappa shape index (κ1) is 23.1. The molecule has 2 aromatic carbocycles. The van der Waals surface area contributed by atoms with Gasteiger partial charge in [-0.1, -0.05) is 42.5 Å². The molecule has 2 aromatic rings. The van der Waals surface area contributed by atoms with Crippen molar-refractivity contribution in [3.05, 3.63) is 76.4 Å². The number of esters is 2. The van der Waals surface area contributed by atoms with Crippen molar-refractivity contribution in [2.75, 3.05) is 26.8 Å². The molecule has 0 saturated carbocycles. The Balaban J connectivity index is 1.76. The van der Waals surface area contributed by atoms with Crippen LogP contribution in [0.3, 0.4) is 0 Å². The fourth-order valence-electron chi connectivity index (χ4n) is 3.69. The van der Waals surface area contributed by atoms with Gasteiger partial charge in [0, 0.05) is 13.1 Å². The molecule has 0 aliphatic carbocycles. The molecule has 1 aliphatic heterocycles. The number of hydrogen-bond donors (Lipinski definition) is 0. The van der Waals surface area contributed by atoms with Crippen molar-refractivity contribution >= 4 is 23.6 Å². The van der Waals surface area contributed by atoms with Gasteiger partial charge in [0.15, 0.2) is 0 Å². The van der Waals surface area contributed by atoms with Gasteiger partial charge in [-0.05, 0) is 48.6 Å². The zero-order chi connectivity index (χ0) is 23.1. The van der Waals surface area contributed by atoms with Gasteiger partial charge >= 0.3 is 18.0 Å².